The van der Waals surface area contributed by atoms with Gasteiger partial charge in [-0.1, -0.05) is 12.1 Å². The molecule has 2 N–H and O–H groups in total. The van der Waals surface area contributed by atoms with Crippen LogP contribution >= 0.6 is 0 Å². The molecule has 30 heavy (non-hydrogen) atoms. The summed E-state index contributed by atoms with van der Waals surface area (Å²) in [4.78, 5) is 13.6. The van der Waals surface area contributed by atoms with E-state index in [0.29, 0.717) is 5.52 Å². The fraction of sp³-hybridized carbons (Fsp3) is 0.316. The molecule has 0 unspecified atom stereocenters. The SMILES string of the molecule is O=c1[nH]c2ccc(S(=O)(=O)N3CCC(O)(c4cccc(C(F)(F)F)c4)CC3)cc2o1. The first-order valence-corrected chi connectivity index (χ1v) is 10.5. The molecule has 1 aromatic heterocycles. The van der Waals surface area contributed by atoms with Gasteiger partial charge in [0.05, 0.1) is 21.6 Å². The molecule has 0 bridgehead atoms. The summed E-state index contributed by atoms with van der Waals surface area (Å²) in [5, 5.41) is 10.9. The third-order valence-electron chi connectivity index (χ3n) is 5.31. The molecule has 2 heterocycles. The van der Waals surface area contributed by atoms with Gasteiger partial charge in [-0.3, -0.25) is 4.98 Å². The Bertz CT molecular complexity index is 1250. The molecule has 7 nitrogen and oxygen atoms in total. The molecule has 0 aliphatic carbocycles. The van der Waals surface area contributed by atoms with Gasteiger partial charge in [0.15, 0.2) is 5.58 Å². The number of hydrogen-bond donors (Lipinski definition) is 2. The summed E-state index contributed by atoms with van der Waals surface area (Å²) in [5.74, 6) is -0.705. The Morgan fingerprint density at radius 2 is 1.80 bits per heavy atom. The van der Waals surface area contributed by atoms with Gasteiger partial charge in [0.1, 0.15) is 0 Å². The number of fused-ring (bicyclic) bond motifs is 1. The molecule has 0 amide bonds. The lowest BCUT2D eigenvalue weighted by molar-refractivity contribution is -0.137. The predicted octanol–water partition coefficient (Wildman–Crippen LogP) is 2.81. The number of aromatic nitrogens is 1. The Balaban J connectivity index is 1.56. The average molecular weight is 442 g/mol. The number of piperidine rings is 1. The lowest BCUT2D eigenvalue weighted by Gasteiger charge is -2.38. The second-order valence-corrected chi connectivity index (χ2v) is 9.12. The minimum Gasteiger partial charge on any atom is -0.408 e. The van der Waals surface area contributed by atoms with Crippen LogP contribution in [0.15, 0.2) is 56.6 Å². The summed E-state index contributed by atoms with van der Waals surface area (Å²) >= 11 is 0. The molecule has 3 aromatic rings. The van der Waals surface area contributed by atoms with Crippen LogP contribution in [0.4, 0.5) is 13.2 Å². The Hall–Kier alpha value is -2.63. The van der Waals surface area contributed by atoms with Crippen LogP contribution in [-0.4, -0.2) is 35.9 Å². The van der Waals surface area contributed by atoms with Crippen molar-refractivity contribution in [2.24, 2.45) is 0 Å². The lowest BCUT2D eigenvalue weighted by Crippen LogP contribution is -2.45. The lowest BCUT2D eigenvalue weighted by atomic mass is 9.84. The number of oxazole rings is 1. The second kappa shape index (κ2) is 6.96. The number of sulfonamides is 1. The van der Waals surface area contributed by atoms with Crippen molar-refractivity contribution in [1.82, 2.24) is 9.29 Å². The number of aliphatic hydroxyl groups is 1. The Morgan fingerprint density at radius 1 is 1.10 bits per heavy atom. The van der Waals surface area contributed by atoms with E-state index >= 15 is 0 Å². The molecule has 1 fully saturated rings. The molecule has 0 spiro atoms. The highest BCUT2D eigenvalue weighted by atomic mass is 32.2. The van der Waals surface area contributed by atoms with E-state index in [9.17, 15) is 31.5 Å². The van der Waals surface area contributed by atoms with Crippen LogP contribution in [0.3, 0.4) is 0 Å². The molecule has 0 saturated carbocycles. The molecular formula is C19H17F3N2O5S. The van der Waals surface area contributed by atoms with Crippen molar-refractivity contribution < 1.29 is 31.1 Å². The number of hydrogen-bond acceptors (Lipinski definition) is 5. The van der Waals surface area contributed by atoms with Gasteiger partial charge in [0.2, 0.25) is 10.0 Å². The van der Waals surface area contributed by atoms with Crippen LogP contribution in [0, 0.1) is 0 Å². The van der Waals surface area contributed by atoms with E-state index in [1.165, 1.54) is 30.3 Å². The van der Waals surface area contributed by atoms with Crippen LogP contribution < -0.4 is 5.76 Å². The van der Waals surface area contributed by atoms with Gasteiger partial charge in [-0.25, -0.2) is 13.2 Å². The first kappa shape index (κ1) is 20.6. The van der Waals surface area contributed by atoms with Crippen molar-refractivity contribution in [3.05, 3.63) is 64.1 Å². The Morgan fingerprint density at radius 3 is 2.47 bits per heavy atom. The third-order valence-corrected chi connectivity index (χ3v) is 7.20. The van der Waals surface area contributed by atoms with Crippen LogP contribution in [0.25, 0.3) is 11.1 Å². The number of nitrogens with one attached hydrogen (secondary N) is 1. The maximum atomic E-state index is 13.0. The van der Waals surface area contributed by atoms with E-state index in [0.717, 1.165) is 16.4 Å². The molecule has 0 radical (unpaired) electrons. The fourth-order valence-electron chi connectivity index (χ4n) is 3.61. The van der Waals surface area contributed by atoms with Crippen molar-refractivity contribution in [3.63, 3.8) is 0 Å². The first-order chi connectivity index (χ1) is 14.0. The zero-order chi connectivity index (χ0) is 21.7. The highest BCUT2D eigenvalue weighted by Gasteiger charge is 2.40. The molecule has 4 rings (SSSR count). The highest BCUT2D eigenvalue weighted by Crippen LogP contribution is 2.38. The van der Waals surface area contributed by atoms with Crippen molar-refractivity contribution in [2.45, 2.75) is 29.5 Å². The van der Waals surface area contributed by atoms with Crippen LogP contribution in [-0.2, 0) is 21.8 Å². The van der Waals surface area contributed by atoms with E-state index in [-0.39, 0.29) is 42.0 Å². The van der Waals surface area contributed by atoms with E-state index in [1.54, 1.807) is 0 Å². The van der Waals surface area contributed by atoms with Gasteiger partial charge < -0.3 is 9.52 Å². The number of halogens is 3. The quantitative estimate of drug-likeness (QED) is 0.649. The molecule has 1 aliphatic heterocycles. The Kier molecular flexibility index (Phi) is 4.79. The van der Waals surface area contributed by atoms with Crippen LogP contribution in [0.5, 0.6) is 0 Å². The zero-order valence-electron chi connectivity index (χ0n) is 15.4. The van der Waals surface area contributed by atoms with E-state index in [4.69, 9.17) is 4.42 Å². The number of alkyl halides is 3. The smallest absolute Gasteiger partial charge is 0.408 e. The number of benzene rings is 2. The normalized spacial score (nSPS) is 18.0. The maximum absolute atomic E-state index is 13.0. The topological polar surface area (TPSA) is 104 Å². The van der Waals surface area contributed by atoms with Crippen LogP contribution in [0.2, 0.25) is 0 Å². The maximum Gasteiger partial charge on any atom is 0.417 e. The van der Waals surface area contributed by atoms with E-state index in [2.05, 4.69) is 4.98 Å². The average Bonchev–Trinajstić information content (AvgIpc) is 3.07. The standard InChI is InChI=1S/C19H17F3N2O5S/c20-19(21,22)13-3-1-2-12(10-13)18(26)6-8-24(9-7-18)30(27,28)14-4-5-15-16(11-14)29-17(25)23-15/h1-5,10-11,26H,6-9H2,(H,23,25). The predicted molar refractivity (Wildman–Crippen MR) is 100 cm³/mol. The number of H-pyrrole nitrogens is 1. The summed E-state index contributed by atoms with van der Waals surface area (Å²) in [5.41, 5.74) is -1.88. The Labute approximate surface area is 168 Å². The van der Waals surface area contributed by atoms with Gasteiger partial charge in [-0.05, 0) is 42.7 Å². The number of aromatic amines is 1. The summed E-state index contributed by atoms with van der Waals surface area (Å²) in [6.45, 7) is -0.158. The second-order valence-electron chi connectivity index (χ2n) is 7.19. The molecule has 1 saturated heterocycles. The number of rotatable bonds is 3. The van der Waals surface area contributed by atoms with Crippen molar-refractivity contribution in [3.8, 4) is 0 Å². The van der Waals surface area contributed by atoms with E-state index < -0.39 is 33.1 Å². The summed E-state index contributed by atoms with van der Waals surface area (Å²) in [6.07, 6.45) is -4.66. The molecule has 2 aromatic carbocycles. The van der Waals surface area contributed by atoms with Crippen molar-refractivity contribution >= 4 is 21.1 Å². The molecule has 160 valence electrons. The molecule has 11 heteroatoms. The third kappa shape index (κ3) is 3.64. The summed E-state index contributed by atoms with van der Waals surface area (Å²) < 4.78 is 70.9. The van der Waals surface area contributed by atoms with Gasteiger partial charge in [0.25, 0.3) is 0 Å². The van der Waals surface area contributed by atoms with Crippen molar-refractivity contribution in [2.75, 3.05) is 13.1 Å². The summed E-state index contributed by atoms with van der Waals surface area (Å²) in [7, 11) is -3.94. The zero-order valence-corrected chi connectivity index (χ0v) is 16.3. The largest absolute Gasteiger partial charge is 0.417 e. The van der Waals surface area contributed by atoms with Crippen molar-refractivity contribution in [1.29, 1.82) is 0 Å². The molecule has 0 atom stereocenters. The van der Waals surface area contributed by atoms with Gasteiger partial charge in [-0.15, -0.1) is 0 Å². The van der Waals surface area contributed by atoms with Gasteiger partial charge in [-0.2, -0.15) is 17.5 Å². The van der Waals surface area contributed by atoms with Crippen LogP contribution in [0.1, 0.15) is 24.0 Å². The van der Waals surface area contributed by atoms with Gasteiger partial charge in [0, 0.05) is 19.2 Å². The fourth-order valence-corrected chi connectivity index (χ4v) is 5.06. The highest BCUT2D eigenvalue weighted by molar-refractivity contribution is 7.89. The minimum atomic E-state index is -4.54. The van der Waals surface area contributed by atoms with E-state index in [1.807, 2.05) is 0 Å². The molecule has 1 aliphatic rings. The van der Waals surface area contributed by atoms with Gasteiger partial charge >= 0.3 is 11.9 Å². The molecular weight excluding hydrogens is 425 g/mol. The number of nitrogens with zero attached hydrogens (tertiary/aromatic N) is 1. The monoisotopic (exact) mass is 442 g/mol. The first-order valence-electron chi connectivity index (χ1n) is 9.02. The minimum absolute atomic E-state index is 0.0605. The summed E-state index contributed by atoms with van der Waals surface area (Å²) in [6, 6.07) is 8.41.